The van der Waals surface area contributed by atoms with Gasteiger partial charge in [-0.3, -0.25) is 14.4 Å². The number of hydrogen-bond donors (Lipinski definition) is 2. The minimum Gasteiger partial charge on any atom is -0.503 e. The highest BCUT2D eigenvalue weighted by atomic mass is 19.1. The molecule has 2 fully saturated rings. The second-order valence-corrected chi connectivity index (χ2v) is 7.76. The number of aromatic nitrogens is 1. The van der Waals surface area contributed by atoms with Crippen LogP contribution >= 0.6 is 0 Å². The third-order valence-corrected chi connectivity index (χ3v) is 5.88. The SMILES string of the molecule is [2H]c1c(F)c([2H])c(F)c(C([2H])([2H])NC(=O)c2cn3c(c(O)c2=O)C(=O)N2[C@H]4CC[C@H](C4)O[C@@H]2C3)c1F. The first-order valence-electron chi connectivity index (χ1n) is 11.7. The van der Waals surface area contributed by atoms with Gasteiger partial charge in [0.2, 0.25) is 5.43 Å². The Labute approximate surface area is 184 Å². The molecule has 168 valence electrons. The van der Waals surface area contributed by atoms with Crippen molar-refractivity contribution in [1.82, 2.24) is 14.8 Å². The molecule has 2 aliphatic heterocycles. The molecule has 5 rings (SSSR count). The number of fused-ring (bicyclic) bond motifs is 5. The molecule has 2 aromatic rings. The zero-order valence-electron chi connectivity index (χ0n) is 20.2. The zero-order chi connectivity index (χ0) is 26.3. The number of carbonyl (C=O) groups excluding carboxylic acids is 2. The summed E-state index contributed by atoms with van der Waals surface area (Å²) in [7, 11) is 0. The number of pyridine rings is 1. The third kappa shape index (κ3) is 3.15. The van der Waals surface area contributed by atoms with E-state index in [0.29, 0.717) is 12.8 Å². The topological polar surface area (TPSA) is 101 Å². The molecule has 32 heavy (non-hydrogen) atoms. The molecule has 8 nitrogen and oxygen atoms in total. The van der Waals surface area contributed by atoms with E-state index in [1.165, 1.54) is 4.90 Å². The molecule has 1 aromatic carbocycles. The van der Waals surface area contributed by atoms with Crippen LogP contribution in [0.4, 0.5) is 13.2 Å². The lowest BCUT2D eigenvalue weighted by Gasteiger charge is -2.44. The molecule has 3 aliphatic rings. The summed E-state index contributed by atoms with van der Waals surface area (Å²) in [5, 5.41) is 12.1. The second-order valence-electron chi connectivity index (χ2n) is 7.76. The first-order valence-corrected chi connectivity index (χ1v) is 9.74. The second kappa shape index (κ2) is 7.37. The fourth-order valence-corrected chi connectivity index (χ4v) is 4.46. The van der Waals surface area contributed by atoms with Crippen molar-refractivity contribution >= 4 is 11.8 Å². The minimum atomic E-state index is -3.44. The van der Waals surface area contributed by atoms with E-state index in [0.717, 1.165) is 17.2 Å². The Morgan fingerprint density at radius 2 is 2.00 bits per heavy atom. The van der Waals surface area contributed by atoms with E-state index in [2.05, 4.69) is 0 Å². The molecule has 11 heteroatoms. The van der Waals surface area contributed by atoms with Gasteiger partial charge in [-0.1, -0.05) is 0 Å². The lowest BCUT2D eigenvalue weighted by Crippen LogP contribution is -2.57. The average molecular weight is 453 g/mol. The van der Waals surface area contributed by atoms with Crippen LogP contribution in [0.25, 0.3) is 0 Å². The lowest BCUT2D eigenvalue weighted by atomic mass is 10.1. The zero-order valence-corrected chi connectivity index (χ0v) is 16.2. The van der Waals surface area contributed by atoms with Gasteiger partial charge in [-0.05, 0) is 19.3 Å². The summed E-state index contributed by atoms with van der Waals surface area (Å²) in [5.74, 6) is -9.07. The number of carbonyl (C=O) groups is 2. The Morgan fingerprint density at radius 3 is 2.72 bits per heavy atom. The number of rotatable bonds is 3. The molecule has 0 unspecified atom stereocenters. The van der Waals surface area contributed by atoms with Gasteiger partial charge < -0.3 is 24.6 Å². The average Bonchev–Trinajstić information content (AvgIpc) is 3.18. The van der Waals surface area contributed by atoms with Gasteiger partial charge in [0.05, 0.1) is 18.1 Å². The number of hydrogen-bond acceptors (Lipinski definition) is 5. The Morgan fingerprint density at radius 1 is 1.28 bits per heavy atom. The van der Waals surface area contributed by atoms with Gasteiger partial charge in [-0.25, -0.2) is 13.2 Å². The molecule has 2 amide bonds. The van der Waals surface area contributed by atoms with Crippen LogP contribution < -0.4 is 10.7 Å². The van der Waals surface area contributed by atoms with Gasteiger partial charge in [0.25, 0.3) is 11.8 Å². The minimum absolute atomic E-state index is 0.0410. The molecule has 1 aromatic heterocycles. The van der Waals surface area contributed by atoms with Crippen molar-refractivity contribution in [2.45, 2.75) is 50.7 Å². The monoisotopic (exact) mass is 453 g/mol. The third-order valence-electron chi connectivity index (χ3n) is 5.88. The Hall–Kier alpha value is -3.34. The van der Waals surface area contributed by atoms with Crippen molar-refractivity contribution < 1.29 is 38.1 Å². The maximum atomic E-state index is 14.4. The van der Waals surface area contributed by atoms with Crippen LogP contribution in [-0.2, 0) is 17.8 Å². The molecule has 2 bridgehead atoms. The standard InChI is InChI=1S/C21H18F3N3O5/c22-9-3-14(23)12(15(24)4-9)6-25-20(30)13-7-26-8-16-27(10-1-2-11(5-10)32-16)21(31)17(26)19(29)18(13)28/h3-4,7,10-11,16,29H,1-2,5-6,8H2,(H,25,30)/t10-,11+,16+/m0/s1/i3D,4D,6D2. The van der Waals surface area contributed by atoms with Crippen LogP contribution in [0, 0.1) is 17.5 Å². The van der Waals surface area contributed by atoms with Crippen LogP contribution in [0.1, 0.15) is 51.2 Å². The Balaban J connectivity index is 1.52. The maximum absolute atomic E-state index is 14.4. The van der Waals surface area contributed by atoms with E-state index < -0.39 is 76.4 Å². The van der Waals surface area contributed by atoms with Crippen molar-refractivity contribution in [3.63, 3.8) is 0 Å². The Bertz CT molecular complexity index is 1370. The van der Waals surface area contributed by atoms with Crippen LogP contribution in [0.15, 0.2) is 23.1 Å². The summed E-state index contributed by atoms with van der Waals surface area (Å²) in [6.45, 7) is -3.48. The van der Waals surface area contributed by atoms with E-state index in [4.69, 9.17) is 10.2 Å². The molecule has 0 spiro atoms. The summed E-state index contributed by atoms with van der Waals surface area (Å²) in [6, 6.07) is -3.28. The summed E-state index contributed by atoms with van der Waals surface area (Å²) < 4.78 is 79.8. The van der Waals surface area contributed by atoms with Crippen LogP contribution in [0.5, 0.6) is 5.75 Å². The van der Waals surface area contributed by atoms with Gasteiger partial charge in [0, 0.05) is 36.4 Å². The van der Waals surface area contributed by atoms with Gasteiger partial charge in [-0.2, -0.15) is 0 Å². The van der Waals surface area contributed by atoms with E-state index >= 15 is 0 Å². The highest BCUT2D eigenvalue weighted by molar-refractivity contribution is 5.99. The van der Waals surface area contributed by atoms with Gasteiger partial charge in [-0.15, -0.1) is 0 Å². The van der Waals surface area contributed by atoms with E-state index in [1.54, 1.807) is 5.32 Å². The molecule has 1 saturated carbocycles. The quantitative estimate of drug-likeness (QED) is 0.736. The molecule has 3 atom stereocenters. The van der Waals surface area contributed by atoms with Crippen molar-refractivity contribution in [3.8, 4) is 5.75 Å². The van der Waals surface area contributed by atoms with Gasteiger partial charge >= 0.3 is 0 Å². The molecular formula is C21H18F3N3O5. The molecule has 3 heterocycles. The summed E-state index contributed by atoms with van der Waals surface area (Å²) >= 11 is 0. The normalized spacial score (nSPS) is 25.9. The smallest absolute Gasteiger partial charge is 0.276 e. The van der Waals surface area contributed by atoms with Gasteiger partial charge in [0.1, 0.15) is 23.0 Å². The highest BCUT2D eigenvalue weighted by Crippen LogP contribution is 2.38. The fourth-order valence-electron chi connectivity index (χ4n) is 4.46. The van der Waals surface area contributed by atoms with Crippen LogP contribution in [-0.4, -0.2) is 44.8 Å². The van der Waals surface area contributed by atoms with E-state index in [1.807, 2.05) is 0 Å². The predicted molar refractivity (Wildman–Crippen MR) is 102 cm³/mol. The van der Waals surface area contributed by atoms with Crippen molar-refractivity contribution in [2.75, 3.05) is 0 Å². The fraction of sp³-hybridized carbons (Fsp3) is 0.381. The largest absolute Gasteiger partial charge is 0.503 e. The first kappa shape index (κ1) is 16.3. The van der Waals surface area contributed by atoms with Crippen molar-refractivity contribution in [2.24, 2.45) is 0 Å². The molecular weight excluding hydrogens is 431 g/mol. The highest BCUT2D eigenvalue weighted by Gasteiger charge is 2.47. The van der Waals surface area contributed by atoms with E-state index in [9.17, 15) is 32.7 Å². The van der Waals surface area contributed by atoms with Crippen molar-refractivity contribution in [3.05, 3.63) is 62.8 Å². The molecule has 1 aliphatic carbocycles. The first-order chi connectivity index (χ1) is 16.8. The molecule has 2 N–H and O–H groups in total. The number of halogens is 3. The summed E-state index contributed by atoms with van der Waals surface area (Å²) in [5.41, 5.74) is -4.16. The van der Waals surface area contributed by atoms with Crippen molar-refractivity contribution in [1.29, 1.82) is 0 Å². The predicted octanol–water partition coefficient (Wildman–Crippen LogP) is 1.63. The number of nitrogens with zero attached hydrogens (tertiary/aromatic N) is 2. The van der Waals surface area contributed by atoms with Gasteiger partial charge in [0.15, 0.2) is 17.7 Å². The molecule has 1 saturated heterocycles. The number of aromatic hydroxyl groups is 1. The maximum Gasteiger partial charge on any atom is 0.276 e. The number of amides is 2. The number of nitrogens with one attached hydrogen (secondary N) is 1. The van der Waals surface area contributed by atoms with E-state index in [-0.39, 0.29) is 24.4 Å². The Kier molecular flexibility index (Phi) is 3.76. The van der Waals surface area contributed by atoms with Crippen LogP contribution in [0.3, 0.4) is 0 Å². The van der Waals surface area contributed by atoms with Crippen LogP contribution in [0.2, 0.25) is 0 Å². The summed E-state index contributed by atoms with van der Waals surface area (Å²) in [4.78, 5) is 40.1. The number of ether oxygens (including phenoxy) is 1. The number of benzene rings is 1. The summed E-state index contributed by atoms with van der Waals surface area (Å²) in [6.07, 6.45) is 2.20. The lowest BCUT2D eigenvalue weighted by molar-refractivity contribution is -0.132. The molecule has 0 radical (unpaired) electrons.